The summed E-state index contributed by atoms with van der Waals surface area (Å²) < 4.78 is 17.3. The number of rotatable bonds is 12. The molecule has 2 rings (SSSR count). The van der Waals surface area contributed by atoms with Gasteiger partial charge in [0.05, 0.1) is 0 Å². The van der Waals surface area contributed by atoms with Gasteiger partial charge in [0.1, 0.15) is 0 Å². The molecule has 8 nitrogen and oxygen atoms in total. The fourth-order valence-corrected chi connectivity index (χ4v) is 17.9. The zero-order chi connectivity index (χ0) is 21.7. The van der Waals surface area contributed by atoms with E-state index in [-0.39, 0.29) is 0 Å². The minimum Gasteiger partial charge on any atom is -0.437 e. The van der Waals surface area contributed by atoms with Gasteiger partial charge in [-0.3, -0.25) is 0 Å². The molecule has 0 aliphatic heterocycles. The second-order valence-electron chi connectivity index (χ2n) is 9.29. The van der Waals surface area contributed by atoms with E-state index in [1.54, 1.807) is 12.4 Å². The van der Waals surface area contributed by atoms with Crippen LogP contribution in [0.25, 0.3) is 0 Å². The number of aryl methyl sites for hydroxylation is 2. The highest BCUT2D eigenvalue weighted by atomic mass is 28.5. The molecule has 4 N–H and O–H groups in total. The average molecular weight is 455 g/mol. The van der Waals surface area contributed by atoms with Gasteiger partial charge in [-0.15, -0.1) is 0 Å². The summed E-state index contributed by atoms with van der Waals surface area (Å²) in [7, 11) is -5.82. The van der Waals surface area contributed by atoms with Crippen molar-refractivity contribution in [1.82, 2.24) is 19.1 Å². The van der Waals surface area contributed by atoms with Crippen LogP contribution in [0.3, 0.4) is 0 Å². The topological polar surface area (TPSA) is 106 Å². The van der Waals surface area contributed by atoms with Crippen molar-refractivity contribution in [3.8, 4) is 0 Å². The maximum atomic E-state index is 6.68. The van der Waals surface area contributed by atoms with Gasteiger partial charge >= 0.3 is 8.56 Å². The average Bonchev–Trinajstić information content (AvgIpc) is 3.14. The van der Waals surface area contributed by atoms with E-state index >= 15 is 0 Å². The van der Waals surface area contributed by atoms with Crippen LogP contribution in [-0.2, 0) is 21.3 Å². The molecule has 0 aromatic carbocycles. The van der Waals surface area contributed by atoms with Gasteiger partial charge in [-0.2, -0.15) is 0 Å². The van der Waals surface area contributed by atoms with Crippen LogP contribution < -0.4 is 11.5 Å². The fourth-order valence-electron chi connectivity index (χ4n) is 3.86. The predicted molar refractivity (Wildman–Crippen MR) is 127 cm³/mol. The highest BCUT2D eigenvalue weighted by Crippen LogP contribution is 2.26. The molecule has 11 heteroatoms. The molecule has 0 saturated carbocycles. The van der Waals surface area contributed by atoms with Crippen LogP contribution in [0.2, 0.25) is 51.4 Å². The first kappa shape index (κ1) is 23.9. The van der Waals surface area contributed by atoms with Gasteiger partial charge in [0, 0.05) is 37.9 Å². The summed E-state index contributed by atoms with van der Waals surface area (Å²) in [5.74, 6) is 1.15. The van der Waals surface area contributed by atoms with Crippen LogP contribution in [-0.4, -0.2) is 44.3 Å². The van der Waals surface area contributed by atoms with Gasteiger partial charge in [-0.1, -0.05) is 0 Å². The molecule has 2 heterocycles. The van der Waals surface area contributed by atoms with E-state index in [0.29, 0.717) is 11.9 Å². The van der Waals surface area contributed by atoms with Crippen molar-refractivity contribution in [1.29, 1.82) is 0 Å². The number of anilines is 2. The Morgan fingerprint density at radius 3 is 1.45 bits per heavy atom. The number of nitrogen functional groups attached to an aromatic ring is 2. The Morgan fingerprint density at radius 2 is 1.14 bits per heavy atom. The molecule has 0 saturated heterocycles. The Morgan fingerprint density at radius 1 is 0.759 bits per heavy atom. The molecule has 2 aromatic heterocycles. The lowest BCUT2D eigenvalue weighted by Gasteiger charge is -2.39. The third-order valence-electron chi connectivity index (χ3n) is 4.90. The normalized spacial score (nSPS) is 13.2. The smallest absolute Gasteiger partial charge is 0.311 e. The molecule has 164 valence electrons. The Balaban J connectivity index is 1.79. The number of hydrogen-bond acceptors (Lipinski definition) is 6. The SMILES string of the molecule is C[Si](C)(CCCn1ccnc1N)O[Si](C)(C)O[Si](C)(C)CCCn1ccnc1N. The Labute approximate surface area is 178 Å². The third kappa shape index (κ3) is 8.09. The van der Waals surface area contributed by atoms with E-state index in [1.807, 2.05) is 21.5 Å². The molecule has 2 aromatic rings. The lowest BCUT2D eigenvalue weighted by atomic mass is 10.5. The van der Waals surface area contributed by atoms with Crippen molar-refractivity contribution >= 4 is 37.1 Å². The Bertz CT molecular complexity index is 713. The van der Waals surface area contributed by atoms with Crippen LogP contribution in [0, 0.1) is 0 Å². The predicted octanol–water partition coefficient (Wildman–Crippen LogP) is 3.87. The molecule has 0 amide bonds. The molecular weight excluding hydrogens is 416 g/mol. The summed E-state index contributed by atoms with van der Waals surface area (Å²) in [5, 5.41) is 0. The summed E-state index contributed by atoms with van der Waals surface area (Å²) in [6.07, 6.45) is 9.42. The first-order valence-electron chi connectivity index (χ1n) is 10.3. The minimum atomic E-state index is -2.19. The van der Waals surface area contributed by atoms with Gasteiger partial charge in [-0.25, -0.2) is 9.97 Å². The molecule has 29 heavy (non-hydrogen) atoms. The quantitative estimate of drug-likeness (QED) is 0.472. The fraction of sp³-hybridized carbons (Fsp3) is 0.667. The van der Waals surface area contributed by atoms with Crippen LogP contribution in [0.15, 0.2) is 24.8 Å². The molecule has 0 aliphatic carbocycles. The Kier molecular flexibility index (Phi) is 7.90. The maximum absolute atomic E-state index is 6.68. The van der Waals surface area contributed by atoms with Crippen molar-refractivity contribution in [3.05, 3.63) is 24.8 Å². The second kappa shape index (κ2) is 9.60. The van der Waals surface area contributed by atoms with Crippen LogP contribution in [0.4, 0.5) is 11.9 Å². The number of imidazole rings is 2. The van der Waals surface area contributed by atoms with Gasteiger partial charge in [0.15, 0.2) is 28.5 Å². The number of aromatic nitrogens is 4. The molecule has 0 fully saturated rings. The molecule has 0 radical (unpaired) electrons. The summed E-state index contributed by atoms with van der Waals surface area (Å²) in [4.78, 5) is 8.15. The molecule has 0 bridgehead atoms. The third-order valence-corrected chi connectivity index (χ3v) is 16.4. The van der Waals surface area contributed by atoms with Gasteiger partial charge < -0.3 is 28.8 Å². The van der Waals surface area contributed by atoms with Gasteiger partial charge in [0.2, 0.25) is 0 Å². The molecule has 0 spiro atoms. The highest BCUT2D eigenvalue weighted by molar-refractivity contribution is 6.87. The highest BCUT2D eigenvalue weighted by Gasteiger charge is 2.39. The lowest BCUT2D eigenvalue weighted by molar-refractivity contribution is 0.385. The summed E-state index contributed by atoms with van der Waals surface area (Å²) in [6.45, 7) is 15.3. The first-order chi connectivity index (χ1) is 13.4. The molecule has 0 atom stereocenters. The van der Waals surface area contributed by atoms with E-state index in [2.05, 4.69) is 49.3 Å². The molecule has 0 unspecified atom stereocenters. The Hall–Kier alpha value is -1.41. The summed E-state index contributed by atoms with van der Waals surface area (Å²) in [6, 6.07) is 2.15. The standard InChI is InChI=1S/C18H38N6O2Si3/c1-27(2,15-7-11-23-13-9-21-17(23)19)25-29(5,6)26-28(3,4)16-8-12-24-14-10-22-18(24)20/h9-10,13-14H,7-8,11-12,15-16H2,1-6H3,(H2,19,21)(H2,20,22). The first-order valence-corrected chi connectivity index (χ1v) is 19.4. The van der Waals surface area contributed by atoms with Crippen LogP contribution in [0.1, 0.15) is 12.8 Å². The molecule has 0 aliphatic rings. The van der Waals surface area contributed by atoms with E-state index in [4.69, 9.17) is 19.7 Å². The van der Waals surface area contributed by atoms with Crippen LogP contribution >= 0.6 is 0 Å². The number of nitrogens with zero attached hydrogens (tertiary/aromatic N) is 4. The van der Waals surface area contributed by atoms with Crippen molar-refractivity contribution in [2.24, 2.45) is 0 Å². The number of hydrogen-bond donors (Lipinski definition) is 2. The molecular formula is C18H38N6O2Si3. The van der Waals surface area contributed by atoms with Crippen LogP contribution in [0.5, 0.6) is 0 Å². The largest absolute Gasteiger partial charge is 0.437 e. The van der Waals surface area contributed by atoms with E-state index in [1.165, 1.54) is 0 Å². The second-order valence-corrected chi connectivity index (χ2v) is 21.8. The minimum absolute atomic E-state index is 0.577. The van der Waals surface area contributed by atoms with E-state index < -0.39 is 25.2 Å². The van der Waals surface area contributed by atoms with Crippen molar-refractivity contribution in [2.75, 3.05) is 11.5 Å². The lowest BCUT2D eigenvalue weighted by Crippen LogP contribution is -2.52. The van der Waals surface area contributed by atoms with E-state index in [9.17, 15) is 0 Å². The van der Waals surface area contributed by atoms with Crippen molar-refractivity contribution < 1.29 is 8.23 Å². The van der Waals surface area contributed by atoms with Crippen molar-refractivity contribution in [3.63, 3.8) is 0 Å². The zero-order valence-electron chi connectivity index (χ0n) is 18.8. The van der Waals surface area contributed by atoms with Crippen molar-refractivity contribution in [2.45, 2.75) is 77.3 Å². The zero-order valence-corrected chi connectivity index (χ0v) is 21.8. The monoisotopic (exact) mass is 454 g/mol. The summed E-state index contributed by atoms with van der Waals surface area (Å²) >= 11 is 0. The van der Waals surface area contributed by atoms with Gasteiger partial charge in [0.25, 0.3) is 0 Å². The van der Waals surface area contributed by atoms with E-state index in [0.717, 1.165) is 38.0 Å². The maximum Gasteiger partial charge on any atom is 0.311 e. The summed E-state index contributed by atoms with van der Waals surface area (Å²) in [5.41, 5.74) is 11.7. The number of nitrogens with two attached hydrogens (primary N) is 2. The van der Waals surface area contributed by atoms with Gasteiger partial charge in [-0.05, 0) is 64.2 Å².